The number of hydrogen-bond acceptors (Lipinski definition) is 7. The van der Waals surface area contributed by atoms with E-state index in [4.69, 9.17) is 42.1 Å². The molecular weight excluding hydrogens is 545 g/mol. The minimum atomic E-state index is -0.456. The molecule has 0 saturated heterocycles. The van der Waals surface area contributed by atoms with Crippen molar-refractivity contribution in [3.63, 3.8) is 0 Å². The molecule has 0 fully saturated rings. The van der Waals surface area contributed by atoms with Gasteiger partial charge in [0.1, 0.15) is 6.61 Å². The Morgan fingerprint density at radius 2 is 1.74 bits per heavy atom. The lowest BCUT2D eigenvalue weighted by Gasteiger charge is -2.14. The molecule has 39 heavy (non-hydrogen) atoms. The second-order valence-corrected chi connectivity index (χ2v) is 8.61. The minimum Gasteiger partial charge on any atom is -0.493 e. The minimum absolute atomic E-state index is 0.202. The predicted molar refractivity (Wildman–Crippen MR) is 152 cm³/mol. The van der Waals surface area contributed by atoms with Gasteiger partial charge in [-0.1, -0.05) is 35.9 Å². The van der Waals surface area contributed by atoms with E-state index in [1.165, 1.54) is 13.3 Å². The van der Waals surface area contributed by atoms with E-state index in [9.17, 15) is 9.59 Å². The lowest BCUT2D eigenvalue weighted by molar-refractivity contribution is -0.118. The largest absolute Gasteiger partial charge is 0.493 e. The molecule has 0 radical (unpaired) electrons. The lowest BCUT2D eigenvalue weighted by Crippen LogP contribution is -2.20. The van der Waals surface area contributed by atoms with Crippen molar-refractivity contribution in [3.05, 3.63) is 88.4 Å². The van der Waals surface area contributed by atoms with Crippen molar-refractivity contribution in [1.29, 1.82) is 0 Å². The molecule has 9 nitrogen and oxygen atoms in total. The van der Waals surface area contributed by atoms with Gasteiger partial charge in [-0.3, -0.25) is 9.59 Å². The van der Waals surface area contributed by atoms with Gasteiger partial charge in [0.05, 0.1) is 25.0 Å². The summed E-state index contributed by atoms with van der Waals surface area (Å²) >= 11 is 12.3. The molecule has 0 aliphatic carbocycles. The zero-order valence-corrected chi connectivity index (χ0v) is 22.8. The molecule has 2 amide bonds. The van der Waals surface area contributed by atoms with Crippen LogP contribution in [-0.4, -0.2) is 45.0 Å². The summed E-state index contributed by atoms with van der Waals surface area (Å²) in [6, 6.07) is 14.6. The number of halogens is 2. The number of nitrogens with zero attached hydrogens (tertiary/aromatic N) is 1. The Hall–Kier alpha value is -4.21. The maximum absolute atomic E-state index is 12.6. The second kappa shape index (κ2) is 14.7. The van der Waals surface area contributed by atoms with Crippen molar-refractivity contribution in [2.45, 2.75) is 6.92 Å². The first-order chi connectivity index (χ1) is 18.8. The van der Waals surface area contributed by atoms with Crippen LogP contribution in [0.25, 0.3) is 0 Å². The molecule has 204 valence electrons. The number of hydrazone groups is 1. The quantitative estimate of drug-likeness (QED) is 0.154. The smallest absolute Gasteiger partial charge is 0.271 e. The number of ether oxygens (including phenoxy) is 4. The Morgan fingerprint density at radius 1 is 0.974 bits per heavy atom. The lowest BCUT2D eigenvalue weighted by atomic mass is 10.2. The molecule has 0 aromatic heterocycles. The standard InChI is InChI=1S/C28H27Cl2N3O6/c1-4-12-38-23-11-6-19(15-24(23)36-3)28(35)33-31-16-18-13-22(30)27(25(14-18)37-5-2)39-17-26(34)32-21-9-7-20(29)8-10-21/h4,6-11,13-16H,1,5,12,17H2,2-3H3,(H,32,34)(H,33,35)/b31-16+. The van der Waals surface area contributed by atoms with Crippen molar-refractivity contribution >= 4 is 46.9 Å². The fourth-order valence-corrected chi connectivity index (χ4v) is 3.64. The summed E-state index contributed by atoms with van der Waals surface area (Å²) in [5, 5.41) is 7.47. The van der Waals surface area contributed by atoms with Crippen molar-refractivity contribution in [2.75, 3.05) is 32.2 Å². The first-order valence-electron chi connectivity index (χ1n) is 11.7. The van der Waals surface area contributed by atoms with Crippen LogP contribution in [0, 0.1) is 0 Å². The second-order valence-electron chi connectivity index (χ2n) is 7.77. The molecule has 0 aliphatic heterocycles. The number of carbonyl (C=O) groups is 2. The summed E-state index contributed by atoms with van der Waals surface area (Å²) in [5.74, 6) is 0.567. The van der Waals surface area contributed by atoms with E-state index in [2.05, 4.69) is 22.4 Å². The topological polar surface area (TPSA) is 107 Å². The van der Waals surface area contributed by atoms with Crippen LogP contribution in [-0.2, 0) is 4.79 Å². The Balaban J connectivity index is 1.65. The highest BCUT2D eigenvalue weighted by atomic mass is 35.5. The van der Waals surface area contributed by atoms with Gasteiger partial charge in [0.25, 0.3) is 11.8 Å². The summed E-state index contributed by atoms with van der Waals surface area (Å²) in [6.07, 6.45) is 3.01. The molecule has 0 saturated carbocycles. The monoisotopic (exact) mass is 571 g/mol. The zero-order valence-electron chi connectivity index (χ0n) is 21.3. The number of carbonyl (C=O) groups excluding carboxylic acids is 2. The molecule has 2 N–H and O–H groups in total. The molecule has 0 spiro atoms. The van der Waals surface area contributed by atoms with Crippen LogP contribution < -0.4 is 29.7 Å². The van der Waals surface area contributed by atoms with E-state index in [0.717, 1.165) is 0 Å². The molecule has 0 atom stereocenters. The molecule has 3 aromatic rings. The summed E-state index contributed by atoms with van der Waals surface area (Å²) in [4.78, 5) is 24.9. The first kappa shape index (κ1) is 29.3. The Bertz CT molecular complexity index is 1350. The van der Waals surface area contributed by atoms with Gasteiger partial charge in [-0.15, -0.1) is 0 Å². The summed E-state index contributed by atoms with van der Waals surface area (Å²) in [7, 11) is 1.48. The maximum Gasteiger partial charge on any atom is 0.271 e. The van der Waals surface area contributed by atoms with Crippen molar-refractivity contribution < 1.29 is 28.5 Å². The third kappa shape index (κ3) is 8.66. The molecule has 3 rings (SSSR count). The molecular formula is C28H27Cl2N3O6. The van der Waals surface area contributed by atoms with Crippen LogP contribution in [0.4, 0.5) is 5.69 Å². The molecule has 11 heteroatoms. The van der Waals surface area contributed by atoms with Gasteiger partial charge in [0.2, 0.25) is 0 Å². The number of nitrogens with one attached hydrogen (secondary N) is 2. The fraction of sp³-hybridized carbons (Fsp3) is 0.179. The van der Waals surface area contributed by atoms with Gasteiger partial charge in [0.15, 0.2) is 29.6 Å². The van der Waals surface area contributed by atoms with E-state index in [-0.39, 0.29) is 23.3 Å². The van der Waals surface area contributed by atoms with Gasteiger partial charge in [-0.25, -0.2) is 5.43 Å². The van der Waals surface area contributed by atoms with E-state index in [1.54, 1.807) is 67.6 Å². The molecule has 3 aromatic carbocycles. The van der Waals surface area contributed by atoms with Gasteiger partial charge in [-0.2, -0.15) is 5.10 Å². The van der Waals surface area contributed by atoms with Gasteiger partial charge >= 0.3 is 0 Å². The first-order valence-corrected chi connectivity index (χ1v) is 12.5. The molecule has 0 heterocycles. The zero-order chi connectivity index (χ0) is 28.2. The summed E-state index contributed by atoms with van der Waals surface area (Å²) in [5.41, 5.74) is 3.89. The highest BCUT2D eigenvalue weighted by Crippen LogP contribution is 2.36. The Kier molecular flexibility index (Phi) is 11.0. The highest BCUT2D eigenvalue weighted by Gasteiger charge is 2.15. The third-order valence-corrected chi connectivity index (χ3v) is 5.50. The predicted octanol–water partition coefficient (Wildman–Crippen LogP) is 5.75. The number of anilines is 1. The number of benzene rings is 3. The molecule has 0 aliphatic rings. The van der Waals surface area contributed by atoms with Crippen LogP contribution in [0.2, 0.25) is 10.0 Å². The number of methoxy groups -OCH3 is 1. The third-order valence-electron chi connectivity index (χ3n) is 4.97. The molecule has 0 unspecified atom stereocenters. The average Bonchev–Trinajstić information content (AvgIpc) is 2.92. The van der Waals surface area contributed by atoms with E-state index < -0.39 is 5.91 Å². The van der Waals surface area contributed by atoms with E-state index >= 15 is 0 Å². The number of amides is 2. The summed E-state index contributed by atoms with van der Waals surface area (Å²) in [6.45, 7) is 5.74. The van der Waals surface area contributed by atoms with Gasteiger partial charge in [0, 0.05) is 16.3 Å². The van der Waals surface area contributed by atoms with Crippen LogP contribution in [0.1, 0.15) is 22.8 Å². The maximum atomic E-state index is 12.6. The SMILES string of the molecule is C=CCOc1ccc(C(=O)N/N=C/c2cc(Cl)c(OCC(=O)Nc3ccc(Cl)cc3)c(OCC)c2)cc1OC. The van der Waals surface area contributed by atoms with Crippen LogP contribution in [0.5, 0.6) is 23.0 Å². The number of hydrogen-bond donors (Lipinski definition) is 2. The van der Waals surface area contributed by atoms with Crippen LogP contribution in [0.3, 0.4) is 0 Å². The Labute approximate surface area is 236 Å². The van der Waals surface area contributed by atoms with Crippen molar-refractivity contribution in [1.82, 2.24) is 5.43 Å². The van der Waals surface area contributed by atoms with Crippen LogP contribution in [0.15, 0.2) is 72.4 Å². The molecule has 0 bridgehead atoms. The fourth-order valence-electron chi connectivity index (χ4n) is 3.24. The highest BCUT2D eigenvalue weighted by molar-refractivity contribution is 6.32. The van der Waals surface area contributed by atoms with Crippen molar-refractivity contribution in [3.8, 4) is 23.0 Å². The van der Waals surface area contributed by atoms with Gasteiger partial charge in [-0.05, 0) is 67.1 Å². The Morgan fingerprint density at radius 3 is 2.44 bits per heavy atom. The van der Waals surface area contributed by atoms with Gasteiger partial charge < -0.3 is 24.3 Å². The average molecular weight is 572 g/mol. The summed E-state index contributed by atoms with van der Waals surface area (Å²) < 4.78 is 22.1. The van der Waals surface area contributed by atoms with E-state index in [0.29, 0.717) is 52.3 Å². The van der Waals surface area contributed by atoms with E-state index in [1.807, 2.05) is 0 Å². The van der Waals surface area contributed by atoms with Crippen LogP contribution >= 0.6 is 23.2 Å². The number of rotatable bonds is 13. The normalized spacial score (nSPS) is 10.6. The van der Waals surface area contributed by atoms with Crippen molar-refractivity contribution in [2.24, 2.45) is 5.10 Å².